The van der Waals surface area contributed by atoms with Crippen molar-refractivity contribution in [1.29, 1.82) is 0 Å². The van der Waals surface area contributed by atoms with Crippen molar-refractivity contribution in [3.8, 4) is 0 Å². The number of nitrogens with two attached hydrogens (primary N) is 1. The molecule has 106 valence electrons. The molecular weight excluding hydrogens is 244 g/mol. The Kier molecular flexibility index (Phi) is 4.19. The van der Waals surface area contributed by atoms with Crippen molar-refractivity contribution in [2.45, 2.75) is 45.6 Å². The van der Waals surface area contributed by atoms with Gasteiger partial charge >= 0.3 is 0 Å². The van der Waals surface area contributed by atoms with Crippen LogP contribution in [0.4, 0.5) is 0 Å². The molecule has 1 aromatic heterocycles. The third-order valence-corrected chi connectivity index (χ3v) is 3.81. The second-order valence-corrected chi connectivity index (χ2v) is 5.53. The summed E-state index contributed by atoms with van der Waals surface area (Å²) >= 11 is 0. The number of nitrogens with zero attached hydrogens (tertiary/aromatic N) is 3. The fourth-order valence-electron chi connectivity index (χ4n) is 2.38. The monoisotopic (exact) mass is 266 g/mol. The standard InChI is InChI=1S/C13H22N4O2/c1-8(2)12-15-13(19-16-12)9(3)17-6-4-10(5-7-17)11(14)18/h8-10H,4-7H2,1-3H3,(H2,14,18)/t9-/m0/s1. The number of rotatable bonds is 4. The lowest BCUT2D eigenvalue weighted by Gasteiger charge is -2.33. The molecule has 19 heavy (non-hydrogen) atoms. The highest BCUT2D eigenvalue weighted by molar-refractivity contribution is 5.76. The van der Waals surface area contributed by atoms with Crippen LogP contribution in [0.5, 0.6) is 0 Å². The van der Waals surface area contributed by atoms with E-state index in [-0.39, 0.29) is 23.8 Å². The zero-order valence-electron chi connectivity index (χ0n) is 11.8. The first-order chi connectivity index (χ1) is 8.99. The summed E-state index contributed by atoms with van der Waals surface area (Å²) in [6, 6.07) is 0.0915. The second-order valence-electron chi connectivity index (χ2n) is 5.53. The molecule has 0 aliphatic carbocycles. The Morgan fingerprint density at radius 3 is 2.47 bits per heavy atom. The maximum absolute atomic E-state index is 11.1. The molecular formula is C13H22N4O2. The van der Waals surface area contributed by atoms with Crippen LogP contribution in [0.15, 0.2) is 4.52 Å². The van der Waals surface area contributed by atoms with Crippen LogP contribution >= 0.6 is 0 Å². The van der Waals surface area contributed by atoms with Gasteiger partial charge in [-0.3, -0.25) is 9.69 Å². The van der Waals surface area contributed by atoms with E-state index < -0.39 is 0 Å². The topological polar surface area (TPSA) is 85.3 Å². The normalized spacial score (nSPS) is 19.8. The van der Waals surface area contributed by atoms with Crippen LogP contribution in [0.25, 0.3) is 0 Å². The fourth-order valence-corrected chi connectivity index (χ4v) is 2.38. The molecule has 1 aliphatic rings. The molecule has 1 aliphatic heterocycles. The van der Waals surface area contributed by atoms with E-state index in [4.69, 9.17) is 10.3 Å². The average molecular weight is 266 g/mol. The van der Waals surface area contributed by atoms with Crippen LogP contribution in [0.3, 0.4) is 0 Å². The van der Waals surface area contributed by atoms with Gasteiger partial charge < -0.3 is 10.3 Å². The summed E-state index contributed by atoms with van der Waals surface area (Å²) in [5.74, 6) is 1.49. The van der Waals surface area contributed by atoms with Gasteiger partial charge in [-0.25, -0.2) is 0 Å². The number of likely N-dealkylation sites (tertiary alicyclic amines) is 1. The van der Waals surface area contributed by atoms with Gasteiger partial charge in [-0.05, 0) is 32.9 Å². The Hall–Kier alpha value is -1.43. The fraction of sp³-hybridized carbons (Fsp3) is 0.769. The summed E-state index contributed by atoms with van der Waals surface area (Å²) in [7, 11) is 0. The molecule has 6 nitrogen and oxygen atoms in total. The molecule has 0 saturated carbocycles. The van der Waals surface area contributed by atoms with Gasteiger partial charge in [-0.2, -0.15) is 4.98 Å². The van der Waals surface area contributed by atoms with E-state index in [1.54, 1.807) is 0 Å². The Morgan fingerprint density at radius 1 is 1.37 bits per heavy atom. The van der Waals surface area contributed by atoms with Crippen molar-refractivity contribution in [2.24, 2.45) is 11.7 Å². The second kappa shape index (κ2) is 5.69. The van der Waals surface area contributed by atoms with E-state index in [2.05, 4.69) is 22.0 Å². The number of amides is 1. The third-order valence-electron chi connectivity index (χ3n) is 3.81. The van der Waals surface area contributed by atoms with E-state index in [1.165, 1.54) is 0 Å². The third kappa shape index (κ3) is 3.12. The molecule has 2 N–H and O–H groups in total. The maximum atomic E-state index is 11.1. The van der Waals surface area contributed by atoms with Gasteiger partial charge in [0.05, 0.1) is 6.04 Å². The van der Waals surface area contributed by atoms with Crippen molar-refractivity contribution in [1.82, 2.24) is 15.0 Å². The molecule has 1 amide bonds. The Balaban J connectivity index is 1.96. The van der Waals surface area contributed by atoms with Gasteiger partial charge in [0.1, 0.15) is 0 Å². The van der Waals surface area contributed by atoms with Gasteiger partial charge in [-0.1, -0.05) is 19.0 Å². The molecule has 1 atom stereocenters. The molecule has 6 heteroatoms. The first-order valence-electron chi connectivity index (χ1n) is 6.86. The number of primary amides is 1. The molecule has 1 saturated heterocycles. The summed E-state index contributed by atoms with van der Waals surface area (Å²) in [5.41, 5.74) is 5.34. The van der Waals surface area contributed by atoms with Crippen LogP contribution in [0, 0.1) is 5.92 Å². The summed E-state index contributed by atoms with van der Waals surface area (Å²) in [6.07, 6.45) is 1.62. The molecule has 0 unspecified atom stereocenters. The smallest absolute Gasteiger partial charge is 0.243 e. The number of aromatic nitrogens is 2. The Labute approximate surface area is 113 Å². The van der Waals surface area contributed by atoms with Crippen LogP contribution in [0.1, 0.15) is 57.3 Å². The van der Waals surface area contributed by atoms with Crippen LogP contribution in [-0.2, 0) is 4.79 Å². The number of hydrogen-bond acceptors (Lipinski definition) is 5. The van der Waals surface area contributed by atoms with Gasteiger partial charge in [0.15, 0.2) is 5.82 Å². The highest BCUT2D eigenvalue weighted by Gasteiger charge is 2.28. The number of hydrogen-bond donors (Lipinski definition) is 1. The van der Waals surface area contributed by atoms with Gasteiger partial charge in [0.25, 0.3) is 0 Å². The van der Waals surface area contributed by atoms with Crippen molar-refractivity contribution in [3.05, 3.63) is 11.7 Å². The molecule has 1 fully saturated rings. The Morgan fingerprint density at radius 2 is 2.00 bits per heavy atom. The largest absolute Gasteiger partial charge is 0.369 e. The number of piperidine rings is 1. The zero-order valence-corrected chi connectivity index (χ0v) is 11.8. The first kappa shape index (κ1) is 14.0. The minimum atomic E-state index is -0.188. The van der Waals surface area contributed by atoms with E-state index in [0.717, 1.165) is 31.8 Å². The highest BCUT2D eigenvalue weighted by Crippen LogP contribution is 2.26. The van der Waals surface area contributed by atoms with Crippen molar-refractivity contribution in [3.63, 3.8) is 0 Å². The van der Waals surface area contributed by atoms with E-state index >= 15 is 0 Å². The lowest BCUT2D eigenvalue weighted by molar-refractivity contribution is -0.123. The van der Waals surface area contributed by atoms with Gasteiger partial charge in [0, 0.05) is 11.8 Å². The van der Waals surface area contributed by atoms with Crippen molar-refractivity contribution >= 4 is 5.91 Å². The Bertz CT molecular complexity index is 436. The molecule has 2 heterocycles. The molecule has 0 radical (unpaired) electrons. The van der Waals surface area contributed by atoms with Crippen LogP contribution in [0.2, 0.25) is 0 Å². The predicted molar refractivity (Wildman–Crippen MR) is 70.3 cm³/mol. The molecule has 0 aromatic carbocycles. The minimum absolute atomic E-state index is 0.0114. The summed E-state index contributed by atoms with van der Waals surface area (Å²) in [5, 5.41) is 3.99. The first-order valence-corrected chi connectivity index (χ1v) is 6.86. The van der Waals surface area contributed by atoms with E-state index in [0.29, 0.717) is 5.89 Å². The SMILES string of the molecule is CC(C)c1noc([C@H](C)N2CCC(C(N)=O)CC2)n1. The zero-order chi connectivity index (χ0) is 14.0. The summed E-state index contributed by atoms with van der Waals surface area (Å²) in [4.78, 5) is 17.8. The predicted octanol–water partition coefficient (Wildman–Crippen LogP) is 1.45. The molecule has 0 bridgehead atoms. The van der Waals surface area contributed by atoms with Gasteiger partial charge in [-0.15, -0.1) is 0 Å². The molecule has 0 spiro atoms. The minimum Gasteiger partial charge on any atom is -0.369 e. The molecule has 1 aromatic rings. The summed E-state index contributed by atoms with van der Waals surface area (Å²) < 4.78 is 5.32. The lowest BCUT2D eigenvalue weighted by atomic mass is 9.95. The lowest BCUT2D eigenvalue weighted by Crippen LogP contribution is -2.39. The quantitative estimate of drug-likeness (QED) is 0.891. The van der Waals surface area contributed by atoms with E-state index in [9.17, 15) is 4.79 Å². The van der Waals surface area contributed by atoms with E-state index in [1.807, 2.05) is 13.8 Å². The van der Waals surface area contributed by atoms with Crippen LogP contribution < -0.4 is 5.73 Å². The average Bonchev–Trinajstić information content (AvgIpc) is 2.87. The maximum Gasteiger partial charge on any atom is 0.243 e. The molecule has 2 rings (SSSR count). The van der Waals surface area contributed by atoms with Gasteiger partial charge in [0.2, 0.25) is 11.8 Å². The highest BCUT2D eigenvalue weighted by atomic mass is 16.5. The summed E-state index contributed by atoms with van der Waals surface area (Å²) in [6.45, 7) is 7.82. The van der Waals surface area contributed by atoms with Crippen molar-refractivity contribution in [2.75, 3.05) is 13.1 Å². The number of carbonyl (C=O) groups excluding carboxylic acids is 1. The van der Waals surface area contributed by atoms with Crippen molar-refractivity contribution < 1.29 is 9.32 Å². The van der Waals surface area contributed by atoms with Crippen LogP contribution in [-0.4, -0.2) is 34.0 Å². The number of carbonyl (C=O) groups is 1.